The van der Waals surface area contributed by atoms with Crippen LogP contribution in [-0.2, 0) is 4.74 Å². The monoisotopic (exact) mass is 535 g/mol. The lowest BCUT2D eigenvalue weighted by Crippen LogP contribution is -2.40. The molecule has 0 spiro atoms. The normalized spacial score (nSPS) is 13.4. The number of nitrogens with one attached hydrogen (secondary N) is 2. The molecule has 2 unspecified atom stereocenters. The molecule has 2 N–H and O–H groups in total. The van der Waals surface area contributed by atoms with Gasteiger partial charge in [0.15, 0.2) is 5.96 Å². The first-order chi connectivity index (χ1) is 13.3. The second kappa shape index (κ2) is 11.5. The number of rotatable bonds is 7. The first-order valence-corrected chi connectivity index (χ1v) is 10.1. The molecule has 8 nitrogen and oxygen atoms in total. The fourth-order valence-corrected chi connectivity index (χ4v) is 3.96. The Labute approximate surface area is 192 Å². The minimum absolute atomic E-state index is 0. The van der Waals surface area contributed by atoms with Crippen LogP contribution in [0.25, 0.3) is 0 Å². The Bertz CT molecular complexity index is 830. The summed E-state index contributed by atoms with van der Waals surface area (Å²) in [5, 5.41) is 11.5. The Morgan fingerprint density at radius 2 is 1.97 bits per heavy atom. The van der Waals surface area contributed by atoms with E-state index in [4.69, 9.17) is 9.26 Å². The molecule has 0 aliphatic carbocycles. The highest BCUT2D eigenvalue weighted by Gasteiger charge is 2.21. The number of esters is 1. The predicted molar refractivity (Wildman–Crippen MR) is 126 cm³/mol. The Kier molecular flexibility index (Phi) is 10.0. The van der Waals surface area contributed by atoms with Crippen LogP contribution in [0, 0.1) is 20.8 Å². The van der Waals surface area contributed by atoms with Crippen molar-refractivity contribution in [1.29, 1.82) is 0 Å². The predicted octanol–water partition coefficient (Wildman–Crippen LogP) is 3.88. The molecule has 2 aromatic rings. The zero-order valence-electron chi connectivity index (χ0n) is 18.0. The number of aliphatic imine (C=N–C) groups is 1. The Morgan fingerprint density at radius 1 is 1.28 bits per heavy atom. The summed E-state index contributed by atoms with van der Waals surface area (Å²) >= 11 is 1.34. The first kappa shape index (κ1) is 25.3. The summed E-state index contributed by atoms with van der Waals surface area (Å²) in [5.74, 6) is 1.40. The number of hydrogen-bond donors (Lipinski definition) is 2. The molecule has 2 atom stereocenters. The lowest BCUT2D eigenvalue weighted by Gasteiger charge is -2.18. The zero-order chi connectivity index (χ0) is 20.8. The van der Waals surface area contributed by atoms with Gasteiger partial charge in [0.2, 0.25) is 0 Å². The van der Waals surface area contributed by atoms with E-state index in [9.17, 15) is 4.79 Å². The lowest BCUT2D eigenvalue weighted by molar-refractivity contribution is 0.0531. The van der Waals surface area contributed by atoms with Gasteiger partial charge in [0, 0.05) is 25.1 Å². The molecule has 0 saturated carbocycles. The van der Waals surface area contributed by atoms with Gasteiger partial charge in [-0.1, -0.05) is 12.1 Å². The standard InChI is InChI=1S/C19H29N5O3S.HI/c1-8-26-18(25)16-12(4)22-17(28-16)13(5)23-19(20-7)21-9-10(2)15-11(3)24-27-14(15)6;/h10,13H,8-9H2,1-7H3,(H2,20,21,23);1H. The number of halogens is 1. The van der Waals surface area contributed by atoms with E-state index < -0.39 is 0 Å². The van der Waals surface area contributed by atoms with Crippen LogP contribution in [0.5, 0.6) is 0 Å². The molecule has 0 amide bonds. The average Bonchev–Trinajstić information content (AvgIpc) is 3.20. The number of hydrogen-bond acceptors (Lipinski definition) is 7. The molecule has 0 radical (unpaired) electrons. The fourth-order valence-electron chi connectivity index (χ4n) is 3.00. The molecule has 2 heterocycles. The van der Waals surface area contributed by atoms with Crippen LogP contribution < -0.4 is 10.6 Å². The molecule has 2 aromatic heterocycles. The molecule has 0 saturated heterocycles. The van der Waals surface area contributed by atoms with Crippen LogP contribution in [0.1, 0.15) is 70.1 Å². The molecule has 0 aliphatic rings. The summed E-state index contributed by atoms with van der Waals surface area (Å²) in [7, 11) is 1.72. The Hall–Kier alpha value is -1.69. The van der Waals surface area contributed by atoms with Gasteiger partial charge in [0.05, 0.1) is 24.0 Å². The summed E-state index contributed by atoms with van der Waals surface area (Å²) in [6, 6.07) is -0.104. The van der Waals surface area contributed by atoms with Crippen molar-refractivity contribution in [2.45, 2.75) is 53.5 Å². The number of ether oxygens (including phenoxy) is 1. The van der Waals surface area contributed by atoms with Crippen LogP contribution in [0.4, 0.5) is 0 Å². The maximum absolute atomic E-state index is 12.0. The van der Waals surface area contributed by atoms with Gasteiger partial charge < -0.3 is 19.9 Å². The van der Waals surface area contributed by atoms with Crippen molar-refractivity contribution in [2.75, 3.05) is 20.2 Å². The summed E-state index contributed by atoms with van der Waals surface area (Å²) in [6.07, 6.45) is 0. The fraction of sp³-hybridized carbons (Fsp3) is 0.579. The van der Waals surface area contributed by atoms with Gasteiger partial charge in [-0.15, -0.1) is 35.3 Å². The quantitative estimate of drug-likeness (QED) is 0.240. The highest BCUT2D eigenvalue weighted by Crippen LogP contribution is 2.25. The zero-order valence-corrected chi connectivity index (χ0v) is 21.1. The van der Waals surface area contributed by atoms with Gasteiger partial charge in [-0.25, -0.2) is 9.78 Å². The number of aryl methyl sites for hydroxylation is 3. The van der Waals surface area contributed by atoms with Crippen molar-refractivity contribution in [3.05, 3.63) is 32.6 Å². The topological polar surface area (TPSA) is 102 Å². The maximum Gasteiger partial charge on any atom is 0.350 e. The number of aromatic nitrogens is 2. The lowest BCUT2D eigenvalue weighted by atomic mass is 10.00. The summed E-state index contributed by atoms with van der Waals surface area (Å²) < 4.78 is 10.3. The minimum Gasteiger partial charge on any atom is -0.462 e. The molecule has 10 heteroatoms. The van der Waals surface area contributed by atoms with Gasteiger partial charge in [-0.2, -0.15) is 0 Å². The summed E-state index contributed by atoms with van der Waals surface area (Å²) in [5.41, 5.74) is 2.71. The van der Waals surface area contributed by atoms with Crippen molar-refractivity contribution < 1.29 is 14.1 Å². The molecule has 0 bridgehead atoms. The maximum atomic E-state index is 12.0. The van der Waals surface area contributed by atoms with Crippen LogP contribution >= 0.6 is 35.3 Å². The van der Waals surface area contributed by atoms with E-state index in [2.05, 4.69) is 32.7 Å². The van der Waals surface area contributed by atoms with Crippen molar-refractivity contribution >= 4 is 47.2 Å². The molecule has 162 valence electrons. The number of carbonyl (C=O) groups is 1. The largest absolute Gasteiger partial charge is 0.462 e. The molecule has 29 heavy (non-hydrogen) atoms. The second-order valence-corrected chi connectivity index (χ2v) is 7.68. The first-order valence-electron chi connectivity index (χ1n) is 9.32. The molecular formula is C19H30IN5O3S. The molecular weight excluding hydrogens is 505 g/mol. The van der Waals surface area contributed by atoms with Crippen molar-refractivity contribution in [3.63, 3.8) is 0 Å². The molecule has 2 rings (SSSR count). The van der Waals surface area contributed by atoms with Crippen LogP contribution in [-0.4, -0.2) is 42.3 Å². The van der Waals surface area contributed by atoms with Crippen LogP contribution in [0.2, 0.25) is 0 Å². The average molecular weight is 535 g/mol. The number of thiazole rings is 1. The van der Waals surface area contributed by atoms with Crippen LogP contribution in [0.15, 0.2) is 9.52 Å². The van der Waals surface area contributed by atoms with Crippen molar-refractivity contribution in [2.24, 2.45) is 4.99 Å². The highest BCUT2D eigenvalue weighted by atomic mass is 127. The van der Waals surface area contributed by atoms with Gasteiger partial charge in [-0.3, -0.25) is 4.99 Å². The van der Waals surface area contributed by atoms with E-state index in [1.165, 1.54) is 11.3 Å². The van der Waals surface area contributed by atoms with Gasteiger partial charge in [0.1, 0.15) is 15.6 Å². The Morgan fingerprint density at radius 3 is 2.52 bits per heavy atom. The van der Waals surface area contributed by atoms with Crippen molar-refractivity contribution in [3.8, 4) is 0 Å². The van der Waals surface area contributed by atoms with E-state index >= 15 is 0 Å². The minimum atomic E-state index is -0.327. The number of carbonyl (C=O) groups excluding carboxylic acids is 1. The van der Waals surface area contributed by atoms with Crippen LogP contribution in [0.3, 0.4) is 0 Å². The molecule has 0 aromatic carbocycles. The van der Waals surface area contributed by atoms with E-state index in [0.717, 1.165) is 22.0 Å². The summed E-state index contributed by atoms with van der Waals surface area (Å²) in [4.78, 5) is 21.3. The SMILES string of the molecule is CCOC(=O)c1sc(C(C)NC(=NC)NCC(C)c2c(C)noc2C)nc1C.I. The van der Waals surface area contributed by atoms with Crippen molar-refractivity contribution in [1.82, 2.24) is 20.8 Å². The number of guanidine groups is 1. The molecule has 0 aliphatic heterocycles. The third kappa shape index (κ3) is 6.39. The molecule has 0 fully saturated rings. The van der Waals surface area contributed by atoms with Gasteiger partial charge in [0.25, 0.3) is 0 Å². The summed E-state index contributed by atoms with van der Waals surface area (Å²) in [6.45, 7) is 12.6. The third-order valence-electron chi connectivity index (χ3n) is 4.38. The highest BCUT2D eigenvalue weighted by molar-refractivity contribution is 14.0. The van der Waals surface area contributed by atoms with E-state index in [1.54, 1.807) is 14.0 Å². The Balaban J connectivity index is 0.00000420. The van der Waals surface area contributed by atoms with Gasteiger partial charge in [-0.05, 0) is 34.6 Å². The van der Waals surface area contributed by atoms with E-state index in [1.807, 2.05) is 27.7 Å². The number of nitrogens with zero attached hydrogens (tertiary/aromatic N) is 3. The van der Waals surface area contributed by atoms with E-state index in [0.29, 0.717) is 29.7 Å². The van der Waals surface area contributed by atoms with Gasteiger partial charge >= 0.3 is 5.97 Å². The second-order valence-electron chi connectivity index (χ2n) is 6.65. The van der Waals surface area contributed by atoms with E-state index in [-0.39, 0.29) is 41.9 Å². The third-order valence-corrected chi connectivity index (χ3v) is 5.70. The smallest absolute Gasteiger partial charge is 0.350 e.